The third kappa shape index (κ3) is 4.42. The molecule has 2 aliphatic rings. The van der Waals surface area contributed by atoms with Gasteiger partial charge in [-0.25, -0.2) is 0 Å². The van der Waals surface area contributed by atoms with Crippen molar-refractivity contribution in [2.45, 2.75) is 31.8 Å². The van der Waals surface area contributed by atoms with Crippen LogP contribution in [-0.2, 0) is 4.79 Å². The zero-order chi connectivity index (χ0) is 18.6. The molecule has 138 valence electrons. The largest absolute Gasteiger partial charge is 0.485 e. The molecule has 2 aromatic carbocycles. The van der Waals surface area contributed by atoms with Crippen LogP contribution in [0.3, 0.4) is 0 Å². The van der Waals surface area contributed by atoms with Crippen LogP contribution in [0.15, 0.2) is 59.5 Å². The minimum atomic E-state index is -0.120. The lowest BCUT2D eigenvalue weighted by Crippen LogP contribution is -2.17. The molecule has 1 aliphatic carbocycles. The van der Waals surface area contributed by atoms with Crippen molar-refractivity contribution < 1.29 is 9.53 Å². The van der Waals surface area contributed by atoms with Crippen molar-refractivity contribution in [1.29, 1.82) is 0 Å². The number of amides is 1. The van der Waals surface area contributed by atoms with E-state index in [9.17, 15) is 4.79 Å². The highest BCUT2D eigenvalue weighted by Crippen LogP contribution is 2.39. The fourth-order valence-electron chi connectivity index (χ4n) is 3.70. The van der Waals surface area contributed by atoms with Crippen LogP contribution in [0.5, 0.6) is 5.75 Å². The average molecular weight is 396 g/mol. The van der Waals surface area contributed by atoms with Crippen molar-refractivity contribution in [1.82, 2.24) is 5.32 Å². The van der Waals surface area contributed by atoms with Gasteiger partial charge >= 0.3 is 0 Å². The van der Waals surface area contributed by atoms with E-state index in [2.05, 4.69) is 17.4 Å². The second-order valence-corrected chi connectivity index (χ2v) is 8.63. The highest BCUT2D eigenvalue weighted by Gasteiger charge is 2.28. The summed E-state index contributed by atoms with van der Waals surface area (Å²) in [5.74, 6) is 1.33. The monoisotopic (exact) mass is 395 g/mol. The Morgan fingerprint density at radius 1 is 1.07 bits per heavy atom. The van der Waals surface area contributed by atoms with Gasteiger partial charge in [-0.15, -0.1) is 0 Å². The molecule has 1 atom stereocenters. The Hall–Kier alpha value is -2.11. The quantitative estimate of drug-likeness (QED) is 0.537. The van der Waals surface area contributed by atoms with Crippen LogP contribution >= 0.6 is 24.0 Å². The number of carbonyl (C=O) groups is 1. The maximum atomic E-state index is 11.8. The van der Waals surface area contributed by atoms with Gasteiger partial charge in [-0.2, -0.15) is 0 Å². The average Bonchev–Trinajstić information content (AvgIpc) is 3.31. The van der Waals surface area contributed by atoms with E-state index in [-0.39, 0.29) is 12.0 Å². The molecule has 1 saturated carbocycles. The first-order chi connectivity index (χ1) is 13.2. The van der Waals surface area contributed by atoms with Crippen LogP contribution in [-0.4, -0.2) is 10.2 Å². The number of ether oxygens (including phenoxy) is 1. The van der Waals surface area contributed by atoms with E-state index in [0.717, 1.165) is 11.3 Å². The van der Waals surface area contributed by atoms with E-state index in [4.69, 9.17) is 17.0 Å². The normalized spacial score (nSPS) is 20.1. The second kappa shape index (κ2) is 8.28. The molecule has 1 unspecified atom stereocenters. The zero-order valence-electron chi connectivity index (χ0n) is 14.9. The molecule has 1 N–H and O–H groups in total. The number of hydrogen-bond donors (Lipinski definition) is 1. The molecule has 4 rings (SSSR count). The van der Waals surface area contributed by atoms with Crippen molar-refractivity contribution in [2.75, 3.05) is 0 Å². The summed E-state index contributed by atoms with van der Waals surface area (Å²) in [6, 6.07) is 18.4. The Kier molecular flexibility index (Phi) is 5.60. The Bertz CT molecular complexity index is 856. The van der Waals surface area contributed by atoms with Crippen LogP contribution in [0.2, 0.25) is 0 Å². The van der Waals surface area contributed by atoms with Crippen LogP contribution in [0, 0.1) is 5.92 Å². The molecule has 1 saturated heterocycles. The fourth-order valence-corrected chi connectivity index (χ4v) is 4.74. The van der Waals surface area contributed by atoms with Crippen LogP contribution in [0.4, 0.5) is 0 Å². The van der Waals surface area contributed by atoms with Crippen molar-refractivity contribution in [3.05, 3.63) is 70.6 Å². The van der Waals surface area contributed by atoms with E-state index < -0.39 is 0 Å². The van der Waals surface area contributed by atoms with E-state index >= 15 is 0 Å². The smallest absolute Gasteiger partial charge is 0.263 e. The summed E-state index contributed by atoms with van der Waals surface area (Å²) in [6.45, 7) is 0. The fraction of sp³-hybridized carbons (Fsp3) is 0.273. The van der Waals surface area contributed by atoms with E-state index in [1.54, 1.807) is 0 Å². The minimum Gasteiger partial charge on any atom is -0.485 e. The van der Waals surface area contributed by atoms with Gasteiger partial charge in [-0.3, -0.25) is 4.79 Å². The highest BCUT2D eigenvalue weighted by atomic mass is 32.2. The summed E-state index contributed by atoms with van der Waals surface area (Å²) in [4.78, 5) is 12.5. The summed E-state index contributed by atoms with van der Waals surface area (Å²) in [6.07, 6.45) is 6.90. The molecular formula is C22H21NO2S2. The number of thioether (sulfide) groups is 1. The number of benzene rings is 2. The van der Waals surface area contributed by atoms with Crippen LogP contribution in [0.1, 0.15) is 42.9 Å². The van der Waals surface area contributed by atoms with Crippen LogP contribution < -0.4 is 10.1 Å². The number of thiocarbonyl (C=S) groups is 1. The molecule has 1 heterocycles. The highest BCUT2D eigenvalue weighted by molar-refractivity contribution is 8.26. The molecule has 1 amide bonds. The van der Waals surface area contributed by atoms with Gasteiger partial charge in [-0.1, -0.05) is 79.3 Å². The predicted octanol–water partition coefficient (Wildman–Crippen LogP) is 5.49. The van der Waals surface area contributed by atoms with Gasteiger partial charge in [0.25, 0.3) is 5.91 Å². The molecule has 27 heavy (non-hydrogen) atoms. The Balaban J connectivity index is 1.56. The number of para-hydroxylation sites is 1. The van der Waals surface area contributed by atoms with E-state index in [1.165, 1.54) is 43.0 Å². The maximum Gasteiger partial charge on any atom is 0.263 e. The topological polar surface area (TPSA) is 38.3 Å². The summed E-state index contributed by atoms with van der Waals surface area (Å²) in [5.41, 5.74) is 2.18. The van der Waals surface area contributed by atoms with Crippen molar-refractivity contribution in [3.8, 4) is 5.75 Å². The second-order valence-electron chi connectivity index (χ2n) is 6.91. The SMILES string of the molecule is O=C1NC(=S)SC1=Cc1ccc(C(Oc2ccccc2)C2CCCC2)cc1. The molecular weight excluding hydrogens is 374 g/mol. The Labute approximate surface area is 169 Å². The van der Waals surface area contributed by atoms with E-state index in [1.807, 2.05) is 48.5 Å². The molecule has 2 aromatic rings. The number of rotatable bonds is 5. The molecule has 5 heteroatoms. The third-order valence-electron chi connectivity index (χ3n) is 5.04. The van der Waals surface area contributed by atoms with E-state index in [0.29, 0.717) is 15.1 Å². The zero-order valence-corrected chi connectivity index (χ0v) is 16.5. The standard InChI is InChI=1S/C22H21NO2S2/c24-21-19(27-22(26)23-21)14-15-10-12-17(13-11-15)20(16-6-4-5-7-16)25-18-8-2-1-3-9-18/h1-3,8-14,16,20H,4-7H2,(H,23,24,26). The lowest BCUT2D eigenvalue weighted by atomic mass is 9.93. The molecule has 0 spiro atoms. The molecule has 0 radical (unpaired) electrons. The molecule has 1 aliphatic heterocycles. The van der Waals surface area contributed by atoms with Crippen molar-refractivity contribution in [3.63, 3.8) is 0 Å². The lowest BCUT2D eigenvalue weighted by molar-refractivity contribution is -0.115. The number of nitrogens with one attached hydrogen (secondary N) is 1. The molecule has 0 aromatic heterocycles. The Morgan fingerprint density at radius 3 is 2.41 bits per heavy atom. The first kappa shape index (κ1) is 18.3. The van der Waals surface area contributed by atoms with Crippen molar-refractivity contribution in [2.24, 2.45) is 5.92 Å². The van der Waals surface area contributed by atoms with Gasteiger partial charge in [0.2, 0.25) is 0 Å². The van der Waals surface area contributed by atoms with Gasteiger partial charge in [0.15, 0.2) is 0 Å². The first-order valence-electron chi connectivity index (χ1n) is 9.25. The van der Waals surface area contributed by atoms with Gasteiger partial charge in [0, 0.05) is 5.92 Å². The first-order valence-corrected chi connectivity index (χ1v) is 10.5. The number of hydrogen-bond acceptors (Lipinski definition) is 4. The summed E-state index contributed by atoms with van der Waals surface area (Å²) in [7, 11) is 0. The lowest BCUT2D eigenvalue weighted by Gasteiger charge is -2.25. The Morgan fingerprint density at radius 2 is 1.78 bits per heavy atom. The molecule has 0 bridgehead atoms. The summed E-state index contributed by atoms with van der Waals surface area (Å²) in [5, 5.41) is 2.65. The summed E-state index contributed by atoms with van der Waals surface area (Å²) >= 11 is 6.35. The van der Waals surface area contributed by atoms with Gasteiger partial charge in [0.05, 0.1) is 4.91 Å². The molecule has 2 fully saturated rings. The third-order valence-corrected chi connectivity index (χ3v) is 6.20. The van der Waals surface area contributed by atoms with Crippen LogP contribution in [0.25, 0.3) is 6.08 Å². The van der Waals surface area contributed by atoms with Gasteiger partial charge < -0.3 is 10.1 Å². The van der Waals surface area contributed by atoms with Crippen molar-refractivity contribution >= 4 is 40.3 Å². The van der Waals surface area contributed by atoms with Gasteiger partial charge in [0.1, 0.15) is 16.2 Å². The predicted molar refractivity (Wildman–Crippen MR) is 115 cm³/mol. The summed E-state index contributed by atoms with van der Waals surface area (Å²) < 4.78 is 6.90. The minimum absolute atomic E-state index is 0.0633. The number of carbonyl (C=O) groups excluding carboxylic acids is 1. The maximum absolute atomic E-state index is 11.8. The molecule has 3 nitrogen and oxygen atoms in total. The van der Waals surface area contributed by atoms with Gasteiger partial charge in [-0.05, 0) is 42.2 Å².